The number of nitrogens with zero attached hydrogens (tertiary/aromatic N) is 2. The summed E-state index contributed by atoms with van der Waals surface area (Å²) in [6.45, 7) is 6.74. The van der Waals surface area contributed by atoms with Gasteiger partial charge in [-0.15, -0.1) is 0 Å². The summed E-state index contributed by atoms with van der Waals surface area (Å²) in [5.41, 5.74) is 3.12. The summed E-state index contributed by atoms with van der Waals surface area (Å²) in [4.78, 5) is 30.0. The van der Waals surface area contributed by atoms with Crippen LogP contribution in [0.4, 0.5) is 0 Å². The van der Waals surface area contributed by atoms with Crippen molar-refractivity contribution in [1.82, 2.24) is 4.57 Å². The summed E-state index contributed by atoms with van der Waals surface area (Å²) in [5, 5.41) is 0. The molecule has 0 spiro atoms. The second kappa shape index (κ2) is 8.31. The standard InChI is InChI=1S/C22H22N2O5S/c1-4-27-20(25)12-24-16-10-17-18(29-8-7-28-17)11-19(16)30-22(24)23-21(26)15-9-13(2)5-6-14(15)3/h5-6,9-11H,4,7-8,12H2,1-3H3. The third kappa shape index (κ3) is 3.95. The van der Waals surface area contributed by atoms with Crippen molar-refractivity contribution >= 4 is 33.4 Å². The Morgan fingerprint density at radius 3 is 2.60 bits per heavy atom. The summed E-state index contributed by atoms with van der Waals surface area (Å²) in [6.07, 6.45) is 0. The Morgan fingerprint density at radius 1 is 1.13 bits per heavy atom. The summed E-state index contributed by atoms with van der Waals surface area (Å²) in [7, 11) is 0. The predicted octanol–water partition coefficient (Wildman–Crippen LogP) is 3.40. The Kier molecular flexibility index (Phi) is 5.59. The fourth-order valence-electron chi connectivity index (χ4n) is 3.29. The van der Waals surface area contributed by atoms with Crippen molar-refractivity contribution in [2.75, 3.05) is 19.8 Å². The number of amides is 1. The predicted molar refractivity (Wildman–Crippen MR) is 113 cm³/mol. The highest BCUT2D eigenvalue weighted by molar-refractivity contribution is 7.16. The van der Waals surface area contributed by atoms with Crippen LogP contribution in [-0.4, -0.2) is 36.3 Å². The van der Waals surface area contributed by atoms with Crippen molar-refractivity contribution < 1.29 is 23.8 Å². The van der Waals surface area contributed by atoms with E-state index in [1.165, 1.54) is 11.3 Å². The molecule has 0 N–H and O–H groups in total. The smallest absolute Gasteiger partial charge is 0.326 e. The third-order valence-electron chi connectivity index (χ3n) is 4.76. The molecular weight excluding hydrogens is 404 g/mol. The molecule has 4 rings (SSSR count). The normalized spacial score (nSPS) is 13.5. The van der Waals surface area contributed by atoms with Crippen molar-refractivity contribution in [2.45, 2.75) is 27.3 Å². The van der Waals surface area contributed by atoms with Crippen LogP contribution < -0.4 is 14.3 Å². The van der Waals surface area contributed by atoms with Gasteiger partial charge in [-0.3, -0.25) is 9.59 Å². The summed E-state index contributed by atoms with van der Waals surface area (Å²) in [5.74, 6) is 0.507. The first kappa shape index (κ1) is 20.2. The van der Waals surface area contributed by atoms with Gasteiger partial charge in [-0.05, 0) is 32.4 Å². The topological polar surface area (TPSA) is 79.1 Å². The largest absolute Gasteiger partial charge is 0.486 e. The molecule has 0 unspecified atom stereocenters. The molecule has 7 nitrogen and oxygen atoms in total. The molecule has 8 heteroatoms. The van der Waals surface area contributed by atoms with E-state index in [2.05, 4.69) is 4.99 Å². The number of hydrogen-bond donors (Lipinski definition) is 0. The van der Waals surface area contributed by atoms with E-state index >= 15 is 0 Å². The average Bonchev–Trinajstić information content (AvgIpc) is 3.04. The number of esters is 1. The zero-order valence-corrected chi connectivity index (χ0v) is 17.9. The lowest BCUT2D eigenvalue weighted by Crippen LogP contribution is -2.23. The average molecular weight is 426 g/mol. The lowest BCUT2D eigenvalue weighted by Gasteiger charge is -2.18. The van der Waals surface area contributed by atoms with Gasteiger partial charge in [0, 0.05) is 17.7 Å². The number of carbonyl (C=O) groups excluding carboxylic acids is 2. The number of carbonyl (C=O) groups is 2. The van der Waals surface area contributed by atoms with E-state index in [9.17, 15) is 9.59 Å². The fourth-order valence-corrected chi connectivity index (χ4v) is 4.33. The molecule has 0 bridgehead atoms. The second-order valence-electron chi connectivity index (χ2n) is 6.97. The molecule has 0 radical (unpaired) electrons. The van der Waals surface area contributed by atoms with Crippen molar-refractivity contribution in [3.8, 4) is 11.5 Å². The Hall–Kier alpha value is -3.13. The molecule has 1 aliphatic heterocycles. The van der Waals surface area contributed by atoms with Gasteiger partial charge in [-0.25, -0.2) is 0 Å². The fraction of sp³-hybridized carbons (Fsp3) is 0.318. The lowest BCUT2D eigenvalue weighted by molar-refractivity contribution is -0.143. The van der Waals surface area contributed by atoms with Gasteiger partial charge < -0.3 is 18.8 Å². The molecule has 1 amide bonds. The highest BCUT2D eigenvalue weighted by Crippen LogP contribution is 2.35. The SMILES string of the molecule is CCOC(=O)Cn1c(=NC(=O)c2cc(C)ccc2C)sc2cc3c(cc21)OCCO3. The quantitative estimate of drug-likeness (QED) is 0.598. The van der Waals surface area contributed by atoms with Gasteiger partial charge in [0.05, 0.1) is 16.8 Å². The van der Waals surface area contributed by atoms with Crippen LogP contribution in [0.1, 0.15) is 28.4 Å². The summed E-state index contributed by atoms with van der Waals surface area (Å²) < 4.78 is 19.0. The summed E-state index contributed by atoms with van der Waals surface area (Å²) >= 11 is 1.32. The molecule has 2 heterocycles. The molecule has 30 heavy (non-hydrogen) atoms. The molecule has 0 saturated heterocycles. The van der Waals surface area contributed by atoms with Crippen LogP contribution in [0.2, 0.25) is 0 Å². The molecule has 0 saturated carbocycles. The van der Waals surface area contributed by atoms with Crippen LogP contribution in [0.5, 0.6) is 11.5 Å². The van der Waals surface area contributed by atoms with Crippen molar-refractivity contribution in [1.29, 1.82) is 0 Å². The number of aromatic nitrogens is 1. The van der Waals surface area contributed by atoms with Gasteiger partial charge in [0.15, 0.2) is 16.3 Å². The minimum absolute atomic E-state index is 0.0492. The highest BCUT2D eigenvalue weighted by atomic mass is 32.1. The van der Waals surface area contributed by atoms with E-state index in [0.717, 1.165) is 21.3 Å². The van der Waals surface area contributed by atoms with Gasteiger partial charge >= 0.3 is 5.97 Å². The molecule has 1 aliphatic rings. The first-order valence-corrected chi connectivity index (χ1v) is 10.5. The van der Waals surface area contributed by atoms with E-state index < -0.39 is 5.97 Å². The van der Waals surface area contributed by atoms with E-state index in [0.29, 0.717) is 35.1 Å². The zero-order chi connectivity index (χ0) is 21.3. The molecule has 0 atom stereocenters. The zero-order valence-electron chi connectivity index (χ0n) is 17.1. The Morgan fingerprint density at radius 2 is 1.87 bits per heavy atom. The van der Waals surface area contributed by atoms with Crippen molar-refractivity contribution in [2.24, 2.45) is 4.99 Å². The lowest BCUT2D eigenvalue weighted by atomic mass is 10.1. The molecular formula is C22H22N2O5S. The highest BCUT2D eigenvalue weighted by Gasteiger charge is 2.19. The maximum atomic E-state index is 12.9. The van der Waals surface area contributed by atoms with Crippen LogP contribution in [0.25, 0.3) is 10.2 Å². The Bertz CT molecular complexity index is 1210. The second-order valence-corrected chi connectivity index (χ2v) is 7.98. The van der Waals surface area contributed by atoms with Crippen LogP contribution >= 0.6 is 11.3 Å². The van der Waals surface area contributed by atoms with Gasteiger partial charge in [0.2, 0.25) is 0 Å². The van der Waals surface area contributed by atoms with Crippen LogP contribution in [0, 0.1) is 13.8 Å². The van der Waals surface area contributed by atoms with E-state index in [-0.39, 0.29) is 19.1 Å². The van der Waals surface area contributed by atoms with Gasteiger partial charge in [0.25, 0.3) is 5.91 Å². The molecule has 1 aromatic heterocycles. The monoisotopic (exact) mass is 426 g/mol. The van der Waals surface area contributed by atoms with Crippen LogP contribution in [0.15, 0.2) is 35.3 Å². The van der Waals surface area contributed by atoms with Gasteiger partial charge in [-0.1, -0.05) is 29.0 Å². The summed E-state index contributed by atoms with van der Waals surface area (Å²) in [6, 6.07) is 9.36. The number of benzene rings is 2. The van der Waals surface area contributed by atoms with Crippen LogP contribution in [-0.2, 0) is 16.1 Å². The van der Waals surface area contributed by atoms with Gasteiger partial charge in [-0.2, -0.15) is 4.99 Å². The first-order chi connectivity index (χ1) is 14.5. The first-order valence-electron chi connectivity index (χ1n) is 9.71. The molecule has 0 aliphatic carbocycles. The van der Waals surface area contributed by atoms with Crippen LogP contribution in [0.3, 0.4) is 0 Å². The minimum Gasteiger partial charge on any atom is -0.486 e. The Balaban J connectivity index is 1.86. The van der Waals surface area contributed by atoms with E-state index in [4.69, 9.17) is 14.2 Å². The van der Waals surface area contributed by atoms with E-state index in [1.807, 2.05) is 44.2 Å². The molecule has 3 aromatic rings. The molecule has 2 aromatic carbocycles. The number of hydrogen-bond acceptors (Lipinski definition) is 6. The molecule has 0 fully saturated rings. The number of ether oxygens (including phenoxy) is 3. The maximum absolute atomic E-state index is 12.9. The third-order valence-corrected chi connectivity index (χ3v) is 5.80. The minimum atomic E-state index is -0.396. The van der Waals surface area contributed by atoms with Crippen molar-refractivity contribution in [3.63, 3.8) is 0 Å². The number of fused-ring (bicyclic) bond motifs is 2. The number of thiazole rings is 1. The Labute approximate surface area is 177 Å². The number of rotatable bonds is 4. The molecule has 156 valence electrons. The van der Waals surface area contributed by atoms with E-state index in [1.54, 1.807) is 11.5 Å². The van der Waals surface area contributed by atoms with Gasteiger partial charge in [0.1, 0.15) is 19.8 Å². The number of aryl methyl sites for hydroxylation is 2. The van der Waals surface area contributed by atoms with Crippen molar-refractivity contribution in [3.05, 3.63) is 51.8 Å². The maximum Gasteiger partial charge on any atom is 0.326 e.